The van der Waals surface area contributed by atoms with Crippen molar-refractivity contribution in [2.45, 2.75) is 6.61 Å². The van der Waals surface area contributed by atoms with Gasteiger partial charge >= 0.3 is 0 Å². The third-order valence-electron chi connectivity index (χ3n) is 1.82. The fourth-order valence-electron chi connectivity index (χ4n) is 1.08. The van der Waals surface area contributed by atoms with E-state index in [1.54, 1.807) is 24.3 Å². The van der Waals surface area contributed by atoms with Crippen LogP contribution in [0.25, 0.3) is 0 Å². The Hall–Kier alpha value is -1.51. The van der Waals surface area contributed by atoms with Crippen LogP contribution in [0.4, 0.5) is 5.69 Å². The summed E-state index contributed by atoms with van der Waals surface area (Å²) in [5, 5.41) is 19.8. The van der Waals surface area contributed by atoms with Crippen molar-refractivity contribution < 1.29 is 9.90 Å². The molecule has 0 fully saturated rings. The molecule has 0 unspecified atom stereocenters. The molecule has 1 aromatic carbocycles. The molecule has 1 amide bonds. The topological polar surface area (TPSA) is 73.1 Å². The number of carbonyl (C=O) groups is 1. The second kappa shape index (κ2) is 6.88. The van der Waals surface area contributed by atoms with Crippen molar-refractivity contribution in [3.05, 3.63) is 29.8 Å². The zero-order chi connectivity index (χ0) is 11.8. The van der Waals surface area contributed by atoms with Crippen molar-refractivity contribution in [2.75, 3.05) is 16.8 Å². The summed E-state index contributed by atoms with van der Waals surface area (Å²) < 4.78 is 0. The van der Waals surface area contributed by atoms with Crippen molar-refractivity contribution in [1.82, 2.24) is 0 Å². The lowest BCUT2D eigenvalue weighted by molar-refractivity contribution is -0.113. The zero-order valence-corrected chi connectivity index (χ0v) is 9.46. The Labute approximate surface area is 98.3 Å². The van der Waals surface area contributed by atoms with Crippen LogP contribution < -0.4 is 5.32 Å². The summed E-state index contributed by atoms with van der Waals surface area (Å²) in [5.74, 6) is 0.462. The van der Waals surface area contributed by atoms with Gasteiger partial charge in [-0.2, -0.15) is 5.26 Å². The molecule has 0 bridgehead atoms. The number of aliphatic hydroxyl groups excluding tert-OH is 1. The van der Waals surface area contributed by atoms with Crippen LogP contribution in [0.2, 0.25) is 0 Å². The molecule has 0 saturated carbocycles. The molecule has 0 atom stereocenters. The van der Waals surface area contributed by atoms with Crippen LogP contribution in [0.5, 0.6) is 0 Å². The van der Waals surface area contributed by atoms with Crippen LogP contribution in [0.1, 0.15) is 5.56 Å². The van der Waals surface area contributed by atoms with Gasteiger partial charge in [0, 0.05) is 5.69 Å². The lowest BCUT2D eigenvalue weighted by Gasteiger charge is -2.04. The Morgan fingerprint density at radius 3 is 2.69 bits per heavy atom. The van der Waals surface area contributed by atoms with Crippen LogP contribution in [-0.2, 0) is 11.4 Å². The van der Waals surface area contributed by atoms with E-state index in [4.69, 9.17) is 10.4 Å². The third-order valence-corrected chi connectivity index (χ3v) is 2.62. The number of anilines is 1. The van der Waals surface area contributed by atoms with Crippen molar-refractivity contribution in [3.8, 4) is 6.07 Å². The Kier molecular flexibility index (Phi) is 5.40. The predicted molar refractivity (Wildman–Crippen MR) is 63.9 cm³/mol. The molecular formula is C11H12N2O2S. The summed E-state index contributed by atoms with van der Waals surface area (Å²) in [4.78, 5) is 11.4. The van der Waals surface area contributed by atoms with Gasteiger partial charge in [0.2, 0.25) is 5.91 Å². The maximum absolute atomic E-state index is 11.4. The van der Waals surface area contributed by atoms with E-state index in [0.717, 1.165) is 5.56 Å². The molecule has 4 nitrogen and oxygen atoms in total. The molecule has 1 rings (SSSR count). The molecule has 0 aromatic heterocycles. The Balaban J connectivity index is 2.41. The van der Waals surface area contributed by atoms with Gasteiger partial charge in [0.1, 0.15) is 0 Å². The minimum absolute atomic E-state index is 0.00769. The summed E-state index contributed by atoms with van der Waals surface area (Å²) in [6, 6.07) is 8.92. The second-order valence-corrected chi connectivity index (χ2v) is 4.04. The number of thioether (sulfide) groups is 1. The largest absolute Gasteiger partial charge is 0.392 e. The Bertz CT molecular complexity index is 384. The number of hydrogen-bond acceptors (Lipinski definition) is 4. The number of rotatable bonds is 5. The highest BCUT2D eigenvalue weighted by molar-refractivity contribution is 8.00. The van der Waals surface area contributed by atoms with Gasteiger partial charge in [-0.05, 0) is 17.7 Å². The molecule has 0 radical (unpaired) electrons. The number of nitriles is 1. The van der Waals surface area contributed by atoms with Gasteiger partial charge in [-0.15, -0.1) is 11.8 Å². The molecule has 0 aliphatic heterocycles. The lowest BCUT2D eigenvalue weighted by atomic mass is 10.2. The highest BCUT2D eigenvalue weighted by atomic mass is 32.2. The number of hydrogen-bond donors (Lipinski definition) is 2. The summed E-state index contributed by atoms with van der Waals surface area (Å²) >= 11 is 1.28. The molecular weight excluding hydrogens is 224 g/mol. The van der Waals surface area contributed by atoms with Gasteiger partial charge in [-0.3, -0.25) is 4.79 Å². The van der Waals surface area contributed by atoms with E-state index in [0.29, 0.717) is 11.4 Å². The molecule has 0 heterocycles. The quantitative estimate of drug-likeness (QED) is 0.757. The van der Waals surface area contributed by atoms with Crippen LogP contribution in [0.3, 0.4) is 0 Å². The van der Waals surface area contributed by atoms with E-state index in [-0.39, 0.29) is 18.3 Å². The normalized spacial score (nSPS) is 9.50. The molecule has 84 valence electrons. The molecule has 0 saturated heterocycles. The standard InChI is InChI=1S/C11H12N2O2S/c12-5-6-16-8-11(15)13-10-3-1-9(7-14)2-4-10/h1-4,14H,6-8H2,(H,13,15). The monoisotopic (exact) mass is 236 g/mol. The smallest absolute Gasteiger partial charge is 0.234 e. The van der Waals surface area contributed by atoms with Gasteiger partial charge in [-0.1, -0.05) is 12.1 Å². The summed E-state index contributed by atoms with van der Waals surface area (Å²) in [5.41, 5.74) is 1.50. The average molecular weight is 236 g/mol. The lowest BCUT2D eigenvalue weighted by Crippen LogP contribution is -2.14. The minimum Gasteiger partial charge on any atom is -0.392 e. The van der Waals surface area contributed by atoms with E-state index in [9.17, 15) is 4.79 Å². The van der Waals surface area contributed by atoms with Gasteiger partial charge < -0.3 is 10.4 Å². The van der Waals surface area contributed by atoms with E-state index in [2.05, 4.69) is 5.32 Å². The van der Waals surface area contributed by atoms with E-state index >= 15 is 0 Å². The van der Waals surface area contributed by atoms with Crippen LogP contribution >= 0.6 is 11.8 Å². The fraction of sp³-hybridized carbons (Fsp3) is 0.273. The molecule has 2 N–H and O–H groups in total. The van der Waals surface area contributed by atoms with Crippen molar-refractivity contribution >= 4 is 23.4 Å². The zero-order valence-electron chi connectivity index (χ0n) is 8.64. The predicted octanol–water partition coefficient (Wildman–Crippen LogP) is 1.37. The number of nitrogens with zero attached hydrogens (tertiary/aromatic N) is 1. The van der Waals surface area contributed by atoms with Crippen molar-refractivity contribution in [2.24, 2.45) is 0 Å². The summed E-state index contributed by atoms with van der Waals surface area (Å²) in [6.07, 6.45) is 0. The number of amides is 1. The minimum atomic E-state index is -0.128. The first kappa shape index (κ1) is 12.6. The Morgan fingerprint density at radius 2 is 2.12 bits per heavy atom. The van der Waals surface area contributed by atoms with E-state index in [1.165, 1.54) is 11.8 Å². The van der Waals surface area contributed by atoms with Gasteiger partial charge in [0.25, 0.3) is 0 Å². The van der Waals surface area contributed by atoms with Gasteiger partial charge in [-0.25, -0.2) is 0 Å². The molecule has 0 aliphatic carbocycles. The second-order valence-electron chi connectivity index (χ2n) is 3.05. The van der Waals surface area contributed by atoms with Crippen molar-refractivity contribution in [3.63, 3.8) is 0 Å². The first-order valence-corrected chi connectivity index (χ1v) is 5.86. The molecule has 1 aromatic rings. The summed E-state index contributed by atoms with van der Waals surface area (Å²) in [6.45, 7) is -0.00769. The molecule has 16 heavy (non-hydrogen) atoms. The molecule has 5 heteroatoms. The van der Waals surface area contributed by atoms with E-state index < -0.39 is 0 Å². The third kappa shape index (κ3) is 4.34. The number of carbonyl (C=O) groups excluding carboxylic acids is 1. The molecule has 0 aliphatic rings. The first-order chi connectivity index (χ1) is 7.76. The summed E-state index contributed by atoms with van der Waals surface area (Å²) in [7, 11) is 0. The van der Waals surface area contributed by atoms with Crippen molar-refractivity contribution in [1.29, 1.82) is 5.26 Å². The first-order valence-electron chi connectivity index (χ1n) is 4.70. The highest BCUT2D eigenvalue weighted by Gasteiger charge is 2.01. The van der Waals surface area contributed by atoms with Gasteiger partial charge in [0.05, 0.1) is 24.2 Å². The average Bonchev–Trinajstić information content (AvgIpc) is 2.30. The maximum Gasteiger partial charge on any atom is 0.234 e. The molecule has 0 spiro atoms. The SMILES string of the molecule is N#CCSCC(=O)Nc1ccc(CO)cc1. The Morgan fingerprint density at radius 1 is 1.44 bits per heavy atom. The van der Waals surface area contributed by atoms with Crippen LogP contribution in [0.15, 0.2) is 24.3 Å². The van der Waals surface area contributed by atoms with Crippen LogP contribution in [0, 0.1) is 11.3 Å². The fourth-order valence-corrected chi connectivity index (χ4v) is 1.53. The highest BCUT2D eigenvalue weighted by Crippen LogP contribution is 2.10. The van der Waals surface area contributed by atoms with E-state index in [1.807, 2.05) is 6.07 Å². The number of aliphatic hydroxyl groups is 1. The number of benzene rings is 1. The number of nitrogens with one attached hydrogen (secondary N) is 1. The van der Waals surface area contributed by atoms with Crippen LogP contribution in [-0.4, -0.2) is 22.5 Å². The van der Waals surface area contributed by atoms with Gasteiger partial charge in [0.15, 0.2) is 0 Å². The maximum atomic E-state index is 11.4.